The van der Waals surface area contributed by atoms with Gasteiger partial charge in [0.15, 0.2) is 0 Å². The second kappa shape index (κ2) is 11.7. The van der Waals surface area contributed by atoms with Crippen LogP contribution in [0.25, 0.3) is 11.4 Å². The Labute approximate surface area is 195 Å². The van der Waals surface area contributed by atoms with Crippen molar-refractivity contribution in [3.63, 3.8) is 0 Å². The van der Waals surface area contributed by atoms with E-state index in [4.69, 9.17) is 15.0 Å². The molecule has 2 atom stereocenters. The van der Waals surface area contributed by atoms with Gasteiger partial charge in [0.25, 0.3) is 0 Å². The second-order valence-corrected chi connectivity index (χ2v) is 7.87. The van der Waals surface area contributed by atoms with E-state index in [0.717, 1.165) is 56.8 Å². The lowest BCUT2D eigenvalue weighted by atomic mass is 9.94. The molecule has 172 valence electrons. The number of ether oxygens (including phenoxy) is 1. The van der Waals surface area contributed by atoms with Crippen molar-refractivity contribution in [2.24, 2.45) is 17.6 Å². The number of piperazine rings is 1. The third-order valence-electron chi connectivity index (χ3n) is 6.14. The number of carbonyl (C=O) groups excluding carboxylic acids is 1. The molecule has 1 aliphatic heterocycles. The first kappa shape index (κ1) is 25.4. The van der Waals surface area contributed by atoms with Crippen molar-refractivity contribution in [3.8, 4) is 17.1 Å². The number of aromatic nitrogens is 2. The van der Waals surface area contributed by atoms with E-state index in [1.54, 1.807) is 7.11 Å². The minimum atomic E-state index is 0. The maximum atomic E-state index is 12.8. The van der Waals surface area contributed by atoms with Gasteiger partial charge in [0.1, 0.15) is 5.75 Å². The number of hydrogen-bond donors (Lipinski definition) is 1. The first-order chi connectivity index (χ1) is 14.2. The molecule has 1 saturated heterocycles. The molecule has 2 N–H and O–H groups in total. The van der Waals surface area contributed by atoms with Crippen LogP contribution in [0.5, 0.6) is 5.75 Å². The van der Waals surface area contributed by atoms with Gasteiger partial charge in [-0.25, -0.2) is 0 Å². The lowest BCUT2D eigenvalue weighted by Gasteiger charge is -2.36. The van der Waals surface area contributed by atoms with E-state index < -0.39 is 0 Å². The molecular formula is C21H31Cl2N5O3. The zero-order valence-corrected chi connectivity index (χ0v) is 19.4. The summed E-state index contributed by atoms with van der Waals surface area (Å²) >= 11 is 0. The Morgan fingerprint density at radius 1 is 1.16 bits per heavy atom. The van der Waals surface area contributed by atoms with Crippen molar-refractivity contribution < 1.29 is 14.1 Å². The second-order valence-electron chi connectivity index (χ2n) is 7.87. The number of methoxy groups -OCH3 is 1. The molecule has 2 aromatic rings. The normalized spacial score (nSPS) is 21.3. The molecule has 2 heterocycles. The van der Waals surface area contributed by atoms with Crippen molar-refractivity contribution in [1.82, 2.24) is 19.9 Å². The van der Waals surface area contributed by atoms with Crippen LogP contribution in [0.3, 0.4) is 0 Å². The maximum absolute atomic E-state index is 12.8. The number of hydrogen-bond acceptors (Lipinski definition) is 7. The first-order valence-electron chi connectivity index (χ1n) is 10.4. The van der Waals surface area contributed by atoms with E-state index in [-0.39, 0.29) is 36.6 Å². The van der Waals surface area contributed by atoms with Crippen LogP contribution in [-0.2, 0) is 11.3 Å². The van der Waals surface area contributed by atoms with Gasteiger partial charge in [0.2, 0.25) is 17.6 Å². The van der Waals surface area contributed by atoms with Crippen LogP contribution >= 0.6 is 24.8 Å². The van der Waals surface area contributed by atoms with Crippen LogP contribution in [-0.4, -0.2) is 65.7 Å². The van der Waals surface area contributed by atoms with Crippen LogP contribution in [0, 0.1) is 11.8 Å². The zero-order valence-electron chi connectivity index (χ0n) is 17.7. The number of rotatable bonds is 6. The van der Waals surface area contributed by atoms with Crippen LogP contribution in [0.4, 0.5) is 0 Å². The van der Waals surface area contributed by atoms with Gasteiger partial charge >= 0.3 is 0 Å². The Morgan fingerprint density at radius 3 is 2.52 bits per heavy atom. The fraction of sp³-hybridized carbons (Fsp3) is 0.571. The summed E-state index contributed by atoms with van der Waals surface area (Å²) in [5.74, 6) is 2.72. The SMILES string of the molecule is COc1ccc(-c2noc(CN3CCN(C(=O)[C@@H]4CCC[C@@H]4CN)CC3)n2)cc1.Cl.Cl. The number of halogens is 2. The average molecular weight is 472 g/mol. The van der Waals surface area contributed by atoms with E-state index >= 15 is 0 Å². The molecule has 10 heteroatoms. The molecule has 2 aliphatic rings. The molecule has 0 unspecified atom stereocenters. The first-order valence-corrected chi connectivity index (χ1v) is 10.4. The van der Waals surface area contributed by atoms with Gasteiger partial charge in [-0.1, -0.05) is 11.6 Å². The number of amides is 1. The predicted octanol–water partition coefficient (Wildman–Crippen LogP) is 2.61. The number of nitrogens with two attached hydrogens (primary N) is 1. The molecule has 1 aromatic heterocycles. The largest absolute Gasteiger partial charge is 0.497 e. The summed E-state index contributed by atoms with van der Waals surface area (Å²) in [6.07, 6.45) is 3.18. The average Bonchev–Trinajstić information content (AvgIpc) is 3.43. The van der Waals surface area contributed by atoms with Crippen LogP contribution in [0.2, 0.25) is 0 Å². The summed E-state index contributed by atoms with van der Waals surface area (Å²) in [7, 11) is 1.64. The number of nitrogens with zero attached hydrogens (tertiary/aromatic N) is 4. The Hall–Kier alpha value is -1.87. The highest BCUT2D eigenvalue weighted by molar-refractivity contribution is 5.85. The zero-order chi connectivity index (χ0) is 20.2. The molecule has 0 spiro atoms. The van der Waals surface area contributed by atoms with Crippen LogP contribution in [0.1, 0.15) is 25.2 Å². The minimum absolute atomic E-state index is 0. The summed E-state index contributed by atoms with van der Waals surface area (Å²) < 4.78 is 10.6. The quantitative estimate of drug-likeness (QED) is 0.690. The summed E-state index contributed by atoms with van der Waals surface area (Å²) in [4.78, 5) is 21.6. The van der Waals surface area contributed by atoms with Crippen molar-refractivity contribution in [3.05, 3.63) is 30.2 Å². The highest BCUT2D eigenvalue weighted by atomic mass is 35.5. The molecule has 31 heavy (non-hydrogen) atoms. The Kier molecular flexibility index (Phi) is 9.55. The van der Waals surface area contributed by atoms with E-state index in [9.17, 15) is 4.79 Å². The summed E-state index contributed by atoms with van der Waals surface area (Å²) in [6, 6.07) is 7.58. The van der Waals surface area contributed by atoms with Crippen molar-refractivity contribution in [1.29, 1.82) is 0 Å². The van der Waals surface area contributed by atoms with Gasteiger partial charge in [0.05, 0.1) is 13.7 Å². The third kappa shape index (κ3) is 5.88. The molecular weight excluding hydrogens is 441 g/mol. The van der Waals surface area contributed by atoms with Gasteiger partial charge in [-0.2, -0.15) is 4.98 Å². The highest BCUT2D eigenvalue weighted by Crippen LogP contribution is 2.32. The Balaban J connectivity index is 0.00000171. The summed E-state index contributed by atoms with van der Waals surface area (Å²) in [5.41, 5.74) is 6.74. The molecule has 4 rings (SSSR count). The van der Waals surface area contributed by atoms with Gasteiger partial charge in [0, 0.05) is 37.7 Å². The topological polar surface area (TPSA) is 97.7 Å². The predicted molar refractivity (Wildman–Crippen MR) is 123 cm³/mol. The van der Waals surface area contributed by atoms with Crippen molar-refractivity contribution in [2.45, 2.75) is 25.8 Å². The van der Waals surface area contributed by atoms with E-state index in [2.05, 4.69) is 15.0 Å². The molecule has 0 radical (unpaired) electrons. The third-order valence-corrected chi connectivity index (χ3v) is 6.14. The van der Waals surface area contributed by atoms with E-state index in [1.165, 1.54) is 0 Å². The van der Waals surface area contributed by atoms with Crippen molar-refractivity contribution in [2.75, 3.05) is 39.8 Å². The maximum Gasteiger partial charge on any atom is 0.241 e. The molecule has 1 aliphatic carbocycles. The Bertz CT molecular complexity index is 825. The highest BCUT2D eigenvalue weighted by Gasteiger charge is 2.35. The minimum Gasteiger partial charge on any atom is -0.497 e. The standard InChI is InChI=1S/C21H29N5O3.2ClH/c1-28-17-7-5-15(6-8-17)20-23-19(29-24-20)14-25-9-11-26(12-10-25)21(27)18-4-2-3-16(18)13-22;;/h5-8,16,18H,2-4,9-14,22H2,1H3;2*1H/t16-,18-;;/m1../s1. The van der Waals surface area contributed by atoms with Gasteiger partial charge < -0.3 is 19.9 Å². The molecule has 1 aromatic carbocycles. The van der Waals surface area contributed by atoms with E-state index in [1.807, 2.05) is 29.2 Å². The molecule has 1 amide bonds. The van der Waals surface area contributed by atoms with Crippen LogP contribution in [0.15, 0.2) is 28.8 Å². The summed E-state index contributed by atoms with van der Waals surface area (Å²) in [6.45, 7) is 4.32. The molecule has 1 saturated carbocycles. The fourth-order valence-corrected chi connectivity index (χ4v) is 4.37. The van der Waals surface area contributed by atoms with Crippen molar-refractivity contribution >= 4 is 30.7 Å². The van der Waals surface area contributed by atoms with Gasteiger partial charge in [-0.3, -0.25) is 9.69 Å². The van der Waals surface area contributed by atoms with Crippen LogP contribution < -0.4 is 10.5 Å². The smallest absolute Gasteiger partial charge is 0.241 e. The fourth-order valence-electron chi connectivity index (χ4n) is 4.37. The summed E-state index contributed by atoms with van der Waals surface area (Å²) in [5, 5.41) is 4.09. The number of carbonyl (C=O) groups is 1. The molecule has 2 fully saturated rings. The molecule has 0 bridgehead atoms. The number of benzene rings is 1. The van der Waals surface area contributed by atoms with Gasteiger partial charge in [-0.15, -0.1) is 24.8 Å². The Morgan fingerprint density at radius 2 is 1.87 bits per heavy atom. The lowest BCUT2D eigenvalue weighted by molar-refractivity contribution is -0.138. The molecule has 8 nitrogen and oxygen atoms in total. The lowest BCUT2D eigenvalue weighted by Crippen LogP contribution is -2.50. The van der Waals surface area contributed by atoms with E-state index in [0.29, 0.717) is 30.7 Å². The monoisotopic (exact) mass is 471 g/mol. The van der Waals surface area contributed by atoms with Gasteiger partial charge in [-0.05, 0) is 49.6 Å².